The van der Waals surface area contributed by atoms with Crippen molar-refractivity contribution in [2.75, 3.05) is 11.1 Å². The third-order valence-corrected chi connectivity index (χ3v) is 3.97. The Morgan fingerprint density at radius 1 is 1.16 bits per heavy atom. The van der Waals surface area contributed by atoms with Gasteiger partial charge in [0, 0.05) is 25.2 Å². The first-order chi connectivity index (χ1) is 8.97. The van der Waals surface area contributed by atoms with Gasteiger partial charge in [0.2, 0.25) is 0 Å². The van der Waals surface area contributed by atoms with Crippen LogP contribution in [0.5, 0.6) is 0 Å². The summed E-state index contributed by atoms with van der Waals surface area (Å²) in [6, 6.07) is 10.2. The highest BCUT2D eigenvalue weighted by Crippen LogP contribution is 2.31. The third kappa shape index (κ3) is 3.49. The van der Waals surface area contributed by atoms with Crippen molar-refractivity contribution in [3.8, 4) is 0 Å². The lowest BCUT2D eigenvalue weighted by Crippen LogP contribution is -2.12. The van der Waals surface area contributed by atoms with Crippen molar-refractivity contribution in [2.45, 2.75) is 0 Å². The maximum Gasteiger partial charge on any atom is 0.255 e. The van der Waals surface area contributed by atoms with Gasteiger partial charge in [-0.1, -0.05) is 17.7 Å². The molecule has 0 atom stereocenters. The van der Waals surface area contributed by atoms with Crippen LogP contribution in [-0.4, -0.2) is 5.91 Å². The molecule has 1 amide bonds. The van der Waals surface area contributed by atoms with E-state index in [1.807, 2.05) is 0 Å². The Balaban J connectivity index is 2.24. The number of carbonyl (C=O) groups excluding carboxylic acids is 1. The molecule has 3 N–H and O–H groups in total. The standard InChI is InChI=1S/C13H9Br2ClN2O/c14-10-5-9(6-11(15)12(10)17)18-13(19)7-2-1-3-8(16)4-7/h1-6H,17H2,(H,18,19). The van der Waals surface area contributed by atoms with Crippen LogP contribution < -0.4 is 11.1 Å². The van der Waals surface area contributed by atoms with Gasteiger partial charge in [0.15, 0.2) is 0 Å². The second-order valence-corrected chi connectivity index (χ2v) is 5.96. The largest absolute Gasteiger partial charge is 0.397 e. The van der Waals surface area contributed by atoms with Crippen molar-refractivity contribution < 1.29 is 4.79 Å². The monoisotopic (exact) mass is 402 g/mol. The van der Waals surface area contributed by atoms with Crippen LogP contribution in [0.15, 0.2) is 45.3 Å². The molecule has 98 valence electrons. The number of carbonyl (C=O) groups is 1. The Kier molecular flexibility index (Phi) is 4.50. The summed E-state index contributed by atoms with van der Waals surface area (Å²) < 4.78 is 1.42. The van der Waals surface area contributed by atoms with Gasteiger partial charge in [0.25, 0.3) is 5.91 Å². The number of rotatable bonds is 2. The van der Waals surface area contributed by atoms with Gasteiger partial charge in [-0.3, -0.25) is 4.79 Å². The van der Waals surface area contributed by atoms with Gasteiger partial charge >= 0.3 is 0 Å². The van der Waals surface area contributed by atoms with Crippen LogP contribution in [0.3, 0.4) is 0 Å². The quantitative estimate of drug-likeness (QED) is 0.713. The van der Waals surface area contributed by atoms with Crippen LogP contribution in [0.4, 0.5) is 11.4 Å². The van der Waals surface area contributed by atoms with Crippen molar-refractivity contribution in [1.29, 1.82) is 0 Å². The fourth-order valence-electron chi connectivity index (χ4n) is 1.49. The molecule has 0 saturated heterocycles. The van der Waals surface area contributed by atoms with Crippen LogP contribution in [0.25, 0.3) is 0 Å². The molecule has 2 rings (SSSR count). The van der Waals surface area contributed by atoms with Crippen LogP contribution in [-0.2, 0) is 0 Å². The number of benzene rings is 2. The van der Waals surface area contributed by atoms with Crippen molar-refractivity contribution in [3.63, 3.8) is 0 Å². The van der Waals surface area contributed by atoms with Gasteiger partial charge in [-0.2, -0.15) is 0 Å². The van der Waals surface area contributed by atoms with Crippen molar-refractivity contribution >= 4 is 60.7 Å². The van der Waals surface area contributed by atoms with Gasteiger partial charge in [-0.15, -0.1) is 0 Å². The van der Waals surface area contributed by atoms with Gasteiger partial charge in [0.05, 0.1) is 5.69 Å². The lowest BCUT2D eigenvalue weighted by atomic mass is 10.2. The van der Waals surface area contributed by atoms with E-state index in [2.05, 4.69) is 37.2 Å². The minimum atomic E-state index is -0.230. The summed E-state index contributed by atoms with van der Waals surface area (Å²) in [4.78, 5) is 12.0. The van der Waals surface area contributed by atoms with Crippen LogP contribution in [0.2, 0.25) is 5.02 Å². The molecule has 6 heteroatoms. The summed E-state index contributed by atoms with van der Waals surface area (Å²) in [5.41, 5.74) is 7.51. The van der Waals surface area contributed by atoms with Crippen LogP contribution in [0, 0.1) is 0 Å². The predicted octanol–water partition coefficient (Wildman–Crippen LogP) is 4.70. The van der Waals surface area contributed by atoms with Gasteiger partial charge < -0.3 is 11.1 Å². The first-order valence-electron chi connectivity index (χ1n) is 5.29. The summed E-state index contributed by atoms with van der Waals surface area (Å²) in [6.07, 6.45) is 0. The number of anilines is 2. The highest BCUT2D eigenvalue weighted by Gasteiger charge is 2.09. The number of nitrogens with two attached hydrogens (primary N) is 1. The highest BCUT2D eigenvalue weighted by molar-refractivity contribution is 9.11. The number of halogens is 3. The molecule has 0 fully saturated rings. The second-order valence-electron chi connectivity index (χ2n) is 3.82. The zero-order valence-corrected chi connectivity index (χ0v) is 13.5. The van der Waals surface area contributed by atoms with E-state index < -0.39 is 0 Å². The molecule has 0 bridgehead atoms. The molecule has 0 aliphatic carbocycles. The molecular formula is C13H9Br2ClN2O. The predicted molar refractivity (Wildman–Crippen MR) is 85.7 cm³/mol. The summed E-state index contributed by atoms with van der Waals surface area (Å²) in [7, 11) is 0. The molecule has 3 nitrogen and oxygen atoms in total. The number of nitrogen functional groups attached to an aromatic ring is 1. The Hall–Kier alpha value is -1.04. The van der Waals surface area contributed by atoms with Crippen molar-refractivity contribution in [1.82, 2.24) is 0 Å². The topological polar surface area (TPSA) is 55.1 Å². The van der Waals surface area contributed by atoms with Crippen LogP contribution >= 0.6 is 43.5 Å². The highest BCUT2D eigenvalue weighted by atomic mass is 79.9. The normalized spacial score (nSPS) is 10.3. The SMILES string of the molecule is Nc1c(Br)cc(NC(=O)c2cccc(Cl)c2)cc1Br. The molecule has 2 aromatic rings. The molecule has 0 unspecified atom stereocenters. The number of amides is 1. The smallest absolute Gasteiger partial charge is 0.255 e. The number of hydrogen-bond acceptors (Lipinski definition) is 2. The molecule has 0 radical (unpaired) electrons. The summed E-state index contributed by atoms with van der Waals surface area (Å²) in [5, 5.41) is 3.30. The van der Waals surface area contributed by atoms with Crippen molar-refractivity contribution in [2.24, 2.45) is 0 Å². The molecule has 0 saturated carbocycles. The van der Waals surface area contributed by atoms with Crippen molar-refractivity contribution in [3.05, 3.63) is 55.9 Å². The molecule has 2 aromatic carbocycles. The molecule has 19 heavy (non-hydrogen) atoms. The first kappa shape index (κ1) is 14.4. The fourth-order valence-corrected chi connectivity index (χ4v) is 2.87. The lowest BCUT2D eigenvalue weighted by Gasteiger charge is -2.09. The zero-order chi connectivity index (χ0) is 14.0. The summed E-state index contributed by atoms with van der Waals surface area (Å²) in [5.74, 6) is -0.230. The first-order valence-corrected chi connectivity index (χ1v) is 7.25. The van der Waals surface area contributed by atoms with E-state index in [0.717, 1.165) is 0 Å². The van der Waals surface area contributed by atoms with E-state index in [1.165, 1.54) is 0 Å². The molecule has 0 heterocycles. The maximum atomic E-state index is 12.0. The summed E-state index contributed by atoms with van der Waals surface area (Å²) >= 11 is 12.5. The van der Waals surface area contributed by atoms with Gasteiger partial charge in [-0.25, -0.2) is 0 Å². The molecule has 0 spiro atoms. The third-order valence-electron chi connectivity index (χ3n) is 2.42. The number of nitrogens with one attached hydrogen (secondary N) is 1. The molecule has 0 aromatic heterocycles. The fraction of sp³-hybridized carbons (Fsp3) is 0. The van der Waals surface area contributed by atoms with E-state index in [1.54, 1.807) is 36.4 Å². The van der Waals surface area contributed by atoms with E-state index >= 15 is 0 Å². The van der Waals surface area contributed by atoms with E-state index in [-0.39, 0.29) is 5.91 Å². The second kappa shape index (κ2) is 5.94. The number of hydrogen-bond donors (Lipinski definition) is 2. The Morgan fingerprint density at radius 3 is 2.37 bits per heavy atom. The molecule has 0 aliphatic heterocycles. The summed E-state index contributed by atoms with van der Waals surface area (Å²) in [6.45, 7) is 0. The molecule has 0 aliphatic rings. The van der Waals surface area contributed by atoms with E-state index in [4.69, 9.17) is 17.3 Å². The van der Waals surface area contributed by atoms with Gasteiger partial charge in [0.1, 0.15) is 0 Å². The molecular weight excluding hydrogens is 395 g/mol. The Bertz CT molecular complexity index is 623. The average molecular weight is 404 g/mol. The van der Waals surface area contributed by atoms with E-state index in [9.17, 15) is 4.79 Å². The lowest BCUT2D eigenvalue weighted by molar-refractivity contribution is 0.102. The van der Waals surface area contributed by atoms with E-state index in [0.29, 0.717) is 30.9 Å². The minimum Gasteiger partial charge on any atom is -0.397 e. The Labute approximate surface area is 132 Å². The minimum absolute atomic E-state index is 0.230. The Morgan fingerprint density at radius 2 is 1.79 bits per heavy atom. The van der Waals surface area contributed by atoms with Crippen LogP contribution in [0.1, 0.15) is 10.4 Å². The maximum absolute atomic E-state index is 12.0. The van der Waals surface area contributed by atoms with Gasteiger partial charge in [-0.05, 0) is 62.2 Å². The average Bonchev–Trinajstić information content (AvgIpc) is 2.36. The zero-order valence-electron chi connectivity index (χ0n) is 9.58.